The summed E-state index contributed by atoms with van der Waals surface area (Å²) in [6.45, 7) is 0. The minimum atomic E-state index is -0.0400. The summed E-state index contributed by atoms with van der Waals surface area (Å²) in [5, 5.41) is 11.4. The third kappa shape index (κ3) is 5.78. The van der Waals surface area contributed by atoms with Crippen LogP contribution in [0.5, 0.6) is 0 Å². The van der Waals surface area contributed by atoms with Crippen LogP contribution in [-0.4, -0.2) is 15.1 Å². The van der Waals surface area contributed by atoms with Gasteiger partial charge in [0.2, 0.25) is 5.96 Å². The van der Waals surface area contributed by atoms with E-state index in [0.29, 0.717) is 0 Å². The molecule has 1 aliphatic rings. The molecule has 0 fully saturated rings. The summed E-state index contributed by atoms with van der Waals surface area (Å²) in [7, 11) is 0. The van der Waals surface area contributed by atoms with Crippen LogP contribution in [0, 0.1) is 0 Å². The number of benzene rings is 9. The van der Waals surface area contributed by atoms with Crippen molar-refractivity contribution >= 4 is 81.1 Å². The second-order valence-corrected chi connectivity index (χ2v) is 17.5. The lowest BCUT2D eigenvalue weighted by Gasteiger charge is -2.23. The molecule has 296 valence electrons. The van der Waals surface area contributed by atoms with E-state index in [2.05, 4.69) is 227 Å². The highest BCUT2D eigenvalue weighted by Crippen LogP contribution is 2.41. The molecule has 0 amide bonds. The van der Waals surface area contributed by atoms with Crippen LogP contribution in [0.2, 0.25) is 0 Å². The predicted molar refractivity (Wildman–Crippen MR) is 267 cm³/mol. The van der Waals surface area contributed by atoms with Gasteiger partial charge in [-0.15, -0.1) is 11.3 Å². The van der Waals surface area contributed by atoms with Crippen molar-refractivity contribution in [2.75, 3.05) is 0 Å². The molecule has 4 heterocycles. The predicted octanol–water partition coefficient (Wildman–Crippen LogP) is 15.3. The molecular weight excluding hydrogens is 785 g/mol. The van der Waals surface area contributed by atoms with Crippen LogP contribution in [-0.2, 0) is 0 Å². The van der Waals surface area contributed by atoms with Crippen LogP contribution >= 0.6 is 11.3 Å². The smallest absolute Gasteiger partial charge is 0.208 e. The maximum atomic E-state index is 4.98. The van der Waals surface area contributed by atoms with Crippen LogP contribution in [0.1, 0.15) is 11.6 Å². The zero-order chi connectivity index (χ0) is 41.4. The number of fused-ring (bicyclic) bond motifs is 9. The maximum Gasteiger partial charge on any atom is 0.208 e. The maximum absolute atomic E-state index is 4.98. The summed E-state index contributed by atoms with van der Waals surface area (Å²) in [4.78, 5) is 4.98. The number of nitrogens with zero attached hydrogens (tertiary/aromatic N) is 3. The van der Waals surface area contributed by atoms with E-state index in [1.54, 1.807) is 0 Å². The van der Waals surface area contributed by atoms with Crippen LogP contribution in [0.4, 0.5) is 0 Å². The third-order valence-electron chi connectivity index (χ3n) is 12.8. The van der Waals surface area contributed by atoms with Crippen molar-refractivity contribution in [1.29, 1.82) is 0 Å². The van der Waals surface area contributed by atoms with Gasteiger partial charge in [0, 0.05) is 53.6 Å². The first-order valence-corrected chi connectivity index (χ1v) is 22.3. The number of hydrogen-bond donors (Lipinski definition) is 1. The van der Waals surface area contributed by atoms with E-state index >= 15 is 0 Å². The number of hydrogen-bond acceptors (Lipinski definition) is 3. The molecule has 1 N–H and O–H groups in total. The van der Waals surface area contributed by atoms with Crippen LogP contribution in [0.15, 0.2) is 224 Å². The minimum Gasteiger partial charge on any atom is -0.345 e. The molecule has 13 rings (SSSR count). The van der Waals surface area contributed by atoms with E-state index in [1.165, 1.54) is 91.8 Å². The summed E-state index contributed by atoms with van der Waals surface area (Å²) in [5.41, 5.74) is 14.2. The molecule has 0 aliphatic carbocycles. The molecule has 63 heavy (non-hydrogen) atoms. The molecule has 0 saturated heterocycles. The van der Waals surface area contributed by atoms with Gasteiger partial charge in [0.15, 0.2) is 0 Å². The molecule has 12 aromatic rings. The van der Waals surface area contributed by atoms with Crippen molar-refractivity contribution in [3.05, 3.63) is 224 Å². The number of thiophene rings is 1. The second kappa shape index (κ2) is 14.3. The Morgan fingerprint density at radius 3 is 1.84 bits per heavy atom. The lowest BCUT2D eigenvalue weighted by molar-refractivity contribution is 0.756. The first-order valence-electron chi connectivity index (χ1n) is 21.5. The fraction of sp³-hybridized carbons (Fsp3) is 0.0172. The Labute approximate surface area is 367 Å². The van der Waals surface area contributed by atoms with Crippen molar-refractivity contribution in [1.82, 2.24) is 14.5 Å². The Bertz CT molecular complexity index is 3830. The number of aromatic nitrogens is 2. The SMILES string of the molecule is C1=CC(c2ccc(-c3cccc4c3sc3ccccc34)cc2)NC(n2c3ccccc3c3ccc(-c4cccc(-c5ccc6c(c5)c5ccccc5n6-c5ccccc5)c4)cc32)=N1. The van der Waals surface area contributed by atoms with Gasteiger partial charge in [0.05, 0.1) is 28.1 Å². The van der Waals surface area contributed by atoms with Crippen molar-refractivity contribution in [3.8, 4) is 39.1 Å². The van der Waals surface area contributed by atoms with Crippen molar-refractivity contribution in [2.24, 2.45) is 4.99 Å². The van der Waals surface area contributed by atoms with Gasteiger partial charge in [-0.2, -0.15) is 0 Å². The first-order chi connectivity index (χ1) is 31.2. The molecule has 0 bridgehead atoms. The van der Waals surface area contributed by atoms with Gasteiger partial charge < -0.3 is 9.88 Å². The van der Waals surface area contributed by atoms with E-state index in [1.807, 2.05) is 17.5 Å². The van der Waals surface area contributed by atoms with E-state index in [-0.39, 0.29) is 6.04 Å². The van der Waals surface area contributed by atoms with Gasteiger partial charge in [0.25, 0.3) is 0 Å². The lowest BCUT2D eigenvalue weighted by Crippen LogP contribution is -2.34. The quantitative estimate of drug-likeness (QED) is 0.184. The Balaban J connectivity index is 0.847. The minimum absolute atomic E-state index is 0.0400. The zero-order valence-electron chi connectivity index (χ0n) is 34.1. The largest absolute Gasteiger partial charge is 0.345 e. The number of aliphatic imine (C=N–C) groups is 1. The topological polar surface area (TPSA) is 34.2 Å². The molecule has 4 nitrogen and oxygen atoms in total. The van der Waals surface area contributed by atoms with Crippen molar-refractivity contribution in [3.63, 3.8) is 0 Å². The monoisotopic (exact) mass is 822 g/mol. The van der Waals surface area contributed by atoms with E-state index < -0.39 is 0 Å². The summed E-state index contributed by atoms with van der Waals surface area (Å²) in [5.74, 6) is 0.807. The number of rotatable bonds is 5. The average Bonchev–Trinajstić information content (AvgIpc) is 4.02. The first kappa shape index (κ1) is 35.7. The number of nitrogens with one attached hydrogen (secondary N) is 1. The molecule has 5 heteroatoms. The molecule has 9 aromatic carbocycles. The lowest BCUT2D eigenvalue weighted by atomic mass is 9.97. The van der Waals surface area contributed by atoms with Crippen molar-refractivity contribution < 1.29 is 0 Å². The standard InChI is InChI=1S/C58H38N4S/c1-2-14-43(15-3-1)61-52-21-7-5-17-46(52)50-35-41(29-31-54(50)61)39-12-10-13-40(34-39)42-28-30-47-45-16-4-8-22-53(45)62(55(47)36-42)58-59-33-32-51(60-58)38-26-24-37(25-27-38)44-19-11-20-49-48-18-6-9-23-56(48)63-57(44)49/h1-36,51H,(H,59,60). The normalized spacial score (nSPS) is 14.0. The molecule has 0 spiro atoms. The summed E-state index contributed by atoms with van der Waals surface area (Å²) in [6, 6.07) is 75.1. The Hall–Kier alpha value is -7.99. The highest BCUT2D eigenvalue weighted by atomic mass is 32.1. The van der Waals surface area contributed by atoms with E-state index in [4.69, 9.17) is 4.99 Å². The fourth-order valence-corrected chi connectivity index (χ4v) is 11.1. The molecule has 1 atom stereocenters. The van der Waals surface area contributed by atoms with Gasteiger partial charge in [-0.3, -0.25) is 4.57 Å². The Kier molecular flexibility index (Phi) is 8.11. The van der Waals surface area contributed by atoms with Crippen LogP contribution < -0.4 is 5.32 Å². The van der Waals surface area contributed by atoms with Gasteiger partial charge in [0.1, 0.15) is 0 Å². The Morgan fingerprint density at radius 2 is 1.02 bits per heavy atom. The molecule has 0 radical (unpaired) electrons. The highest BCUT2D eigenvalue weighted by Gasteiger charge is 2.21. The van der Waals surface area contributed by atoms with E-state index in [0.717, 1.165) is 22.6 Å². The summed E-state index contributed by atoms with van der Waals surface area (Å²) in [6.07, 6.45) is 4.09. The highest BCUT2D eigenvalue weighted by molar-refractivity contribution is 7.26. The Morgan fingerprint density at radius 1 is 0.413 bits per heavy atom. The molecule has 1 unspecified atom stereocenters. The molecular formula is C58H38N4S. The fourth-order valence-electron chi connectivity index (χ4n) is 9.85. The van der Waals surface area contributed by atoms with Gasteiger partial charge in [-0.05, 0) is 99.6 Å². The van der Waals surface area contributed by atoms with Gasteiger partial charge in [-0.25, -0.2) is 4.99 Å². The molecule has 1 aliphatic heterocycles. The summed E-state index contributed by atoms with van der Waals surface area (Å²) >= 11 is 1.87. The summed E-state index contributed by atoms with van der Waals surface area (Å²) < 4.78 is 7.32. The van der Waals surface area contributed by atoms with E-state index in [9.17, 15) is 0 Å². The van der Waals surface area contributed by atoms with Crippen molar-refractivity contribution in [2.45, 2.75) is 6.04 Å². The van der Waals surface area contributed by atoms with Crippen LogP contribution in [0.25, 0.3) is 103 Å². The second-order valence-electron chi connectivity index (χ2n) is 16.4. The molecule has 3 aromatic heterocycles. The van der Waals surface area contributed by atoms with Gasteiger partial charge >= 0.3 is 0 Å². The zero-order valence-corrected chi connectivity index (χ0v) is 34.9. The number of para-hydroxylation sites is 3. The molecule has 0 saturated carbocycles. The van der Waals surface area contributed by atoms with Gasteiger partial charge in [-0.1, -0.05) is 152 Å². The van der Waals surface area contributed by atoms with Crippen LogP contribution in [0.3, 0.4) is 0 Å². The average molecular weight is 823 g/mol. The third-order valence-corrected chi connectivity index (χ3v) is 14.1.